The van der Waals surface area contributed by atoms with Crippen LogP contribution in [0.3, 0.4) is 0 Å². The second-order valence-corrected chi connectivity index (χ2v) is 7.13. The molecule has 1 atom stereocenters. The summed E-state index contributed by atoms with van der Waals surface area (Å²) in [5.74, 6) is -0.581. The lowest BCUT2D eigenvalue weighted by atomic mass is 10.2. The Labute approximate surface area is 126 Å². The molecule has 0 heterocycles. The maximum Gasteiger partial charge on any atom is 0.243 e. The zero-order valence-corrected chi connectivity index (χ0v) is 13.8. The van der Waals surface area contributed by atoms with E-state index >= 15 is 0 Å². The fourth-order valence-corrected chi connectivity index (χ4v) is 4.28. The summed E-state index contributed by atoms with van der Waals surface area (Å²) in [5, 5.41) is 0. The predicted molar refractivity (Wildman–Crippen MR) is 81.9 cm³/mol. The summed E-state index contributed by atoms with van der Waals surface area (Å²) >= 11 is 0. The minimum Gasteiger partial charge on any atom is -0.326 e. The van der Waals surface area contributed by atoms with E-state index < -0.39 is 15.8 Å². The van der Waals surface area contributed by atoms with E-state index in [1.54, 1.807) is 6.92 Å². The van der Waals surface area contributed by atoms with E-state index in [0.29, 0.717) is 18.7 Å². The number of rotatable bonds is 7. The van der Waals surface area contributed by atoms with Gasteiger partial charge in [0.25, 0.3) is 0 Å². The summed E-state index contributed by atoms with van der Waals surface area (Å²) in [6.45, 7) is 4.56. The third-order valence-corrected chi connectivity index (χ3v) is 5.44. The van der Waals surface area contributed by atoms with Crippen molar-refractivity contribution in [2.24, 2.45) is 5.73 Å². The van der Waals surface area contributed by atoms with Crippen molar-refractivity contribution in [2.75, 3.05) is 27.2 Å². The van der Waals surface area contributed by atoms with Gasteiger partial charge in [0.1, 0.15) is 5.82 Å². The molecule has 0 aliphatic heterocycles. The van der Waals surface area contributed by atoms with E-state index in [2.05, 4.69) is 0 Å². The number of nitrogens with zero attached hydrogens (tertiary/aromatic N) is 2. The first-order valence-electron chi connectivity index (χ1n) is 6.89. The zero-order chi connectivity index (χ0) is 16.2. The Kier molecular flexibility index (Phi) is 6.27. The minimum atomic E-state index is -3.77. The van der Waals surface area contributed by atoms with Crippen molar-refractivity contribution in [3.63, 3.8) is 0 Å². The molecule has 0 radical (unpaired) electrons. The first-order chi connectivity index (χ1) is 9.73. The molecule has 1 rings (SSSR count). The second kappa shape index (κ2) is 7.31. The van der Waals surface area contributed by atoms with E-state index in [1.165, 1.54) is 16.4 Å². The average Bonchev–Trinajstić information content (AvgIpc) is 2.38. The standard InChI is InChI=1S/C14H24FN3O2S/c1-5-18(11(2)10-17(3)4)21(19,20)14-8-13(15)7-6-12(14)9-16/h6-8,11H,5,9-10,16H2,1-4H3. The summed E-state index contributed by atoms with van der Waals surface area (Å²) in [7, 11) is -0.0157. The van der Waals surface area contributed by atoms with Crippen molar-refractivity contribution in [3.05, 3.63) is 29.6 Å². The SMILES string of the molecule is CCN(C(C)CN(C)C)S(=O)(=O)c1cc(F)ccc1CN. The highest BCUT2D eigenvalue weighted by Gasteiger charge is 2.30. The summed E-state index contributed by atoms with van der Waals surface area (Å²) in [4.78, 5) is 1.87. The number of halogens is 1. The quantitative estimate of drug-likeness (QED) is 0.822. The summed E-state index contributed by atoms with van der Waals surface area (Å²) in [6, 6.07) is 3.47. The largest absolute Gasteiger partial charge is 0.326 e. The molecule has 7 heteroatoms. The smallest absolute Gasteiger partial charge is 0.243 e. The van der Waals surface area contributed by atoms with Gasteiger partial charge in [0.05, 0.1) is 4.90 Å². The van der Waals surface area contributed by atoms with E-state index in [-0.39, 0.29) is 17.5 Å². The molecule has 0 amide bonds. The second-order valence-electron chi connectivity index (χ2n) is 5.28. The number of benzene rings is 1. The van der Waals surface area contributed by atoms with Crippen LogP contribution in [0.25, 0.3) is 0 Å². The van der Waals surface area contributed by atoms with E-state index in [0.717, 1.165) is 6.07 Å². The van der Waals surface area contributed by atoms with Gasteiger partial charge in [-0.25, -0.2) is 12.8 Å². The van der Waals surface area contributed by atoms with Gasteiger partial charge in [-0.1, -0.05) is 13.0 Å². The Bertz CT molecular complexity index is 576. The van der Waals surface area contributed by atoms with Gasteiger partial charge in [-0.2, -0.15) is 4.31 Å². The van der Waals surface area contributed by atoms with Crippen LogP contribution < -0.4 is 5.73 Å². The number of hydrogen-bond acceptors (Lipinski definition) is 4. The first-order valence-corrected chi connectivity index (χ1v) is 8.33. The molecule has 0 saturated carbocycles. The highest BCUT2D eigenvalue weighted by Crippen LogP contribution is 2.23. The molecule has 0 aromatic heterocycles. The summed E-state index contributed by atoms with van der Waals surface area (Å²) in [5.41, 5.74) is 6.01. The van der Waals surface area contributed by atoms with Crippen LogP contribution in [0, 0.1) is 5.82 Å². The maximum absolute atomic E-state index is 13.5. The normalized spacial score (nSPS) is 13.9. The highest BCUT2D eigenvalue weighted by atomic mass is 32.2. The Morgan fingerprint density at radius 2 is 1.95 bits per heavy atom. The molecular weight excluding hydrogens is 293 g/mol. The lowest BCUT2D eigenvalue weighted by Crippen LogP contribution is -2.43. The fraction of sp³-hybridized carbons (Fsp3) is 0.571. The number of nitrogens with two attached hydrogens (primary N) is 1. The monoisotopic (exact) mass is 317 g/mol. The molecule has 1 aromatic carbocycles. The fourth-order valence-electron chi connectivity index (χ4n) is 2.40. The van der Waals surface area contributed by atoms with E-state index in [4.69, 9.17) is 5.73 Å². The van der Waals surface area contributed by atoms with Crippen LogP contribution in [-0.4, -0.2) is 50.8 Å². The van der Waals surface area contributed by atoms with Gasteiger partial charge in [-0.05, 0) is 38.7 Å². The predicted octanol–water partition coefficient (Wildman–Crippen LogP) is 1.25. The summed E-state index contributed by atoms with van der Waals surface area (Å²) in [6.07, 6.45) is 0. The lowest BCUT2D eigenvalue weighted by Gasteiger charge is -2.29. The first kappa shape index (κ1) is 18.0. The third-order valence-electron chi connectivity index (χ3n) is 3.27. The van der Waals surface area contributed by atoms with Crippen molar-refractivity contribution in [2.45, 2.75) is 31.3 Å². The Morgan fingerprint density at radius 3 is 2.43 bits per heavy atom. The molecule has 0 saturated heterocycles. The molecule has 21 heavy (non-hydrogen) atoms. The molecule has 0 aliphatic carbocycles. The van der Waals surface area contributed by atoms with Gasteiger partial charge in [0.15, 0.2) is 0 Å². The van der Waals surface area contributed by atoms with E-state index in [1.807, 2.05) is 25.9 Å². The van der Waals surface area contributed by atoms with Gasteiger partial charge in [0, 0.05) is 25.7 Å². The molecule has 120 valence electrons. The van der Waals surface area contributed by atoms with Gasteiger partial charge in [-0.3, -0.25) is 0 Å². The van der Waals surface area contributed by atoms with Gasteiger partial charge in [0.2, 0.25) is 10.0 Å². The topological polar surface area (TPSA) is 66.6 Å². The van der Waals surface area contributed by atoms with Crippen LogP contribution in [0.2, 0.25) is 0 Å². The van der Waals surface area contributed by atoms with Crippen LogP contribution in [0.15, 0.2) is 23.1 Å². The molecule has 0 aliphatic rings. The number of likely N-dealkylation sites (N-methyl/N-ethyl adjacent to an activating group) is 2. The number of sulfonamides is 1. The van der Waals surface area contributed by atoms with Crippen LogP contribution in [0.5, 0.6) is 0 Å². The van der Waals surface area contributed by atoms with Gasteiger partial charge < -0.3 is 10.6 Å². The van der Waals surface area contributed by atoms with Crippen molar-refractivity contribution in [1.82, 2.24) is 9.21 Å². The minimum absolute atomic E-state index is 0.0440. The van der Waals surface area contributed by atoms with Crippen molar-refractivity contribution in [3.8, 4) is 0 Å². The molecule has 1 unspecified atom stereocenters. The van der Waals surface area contributed by atoms with Crippen LogP contribution >= 0.6 is 0 Å². The lowest BCUT2D eigenvalue weighted by molar-refractivity contribution is 0.271. The molecule has 0 spiro atoms. The van der Waals surface area contributed by atoms with Gasteiger partial charge in [-0.15, -0.1) is 0 Å². The molecule has 2 N–H and O–H groups in total. The van der Waals surface area contributed by atoms with Gasteiger partial charge >= 0.3 is 0 Å². The molecule has 0 fully saturated rings. The Morgan fingerprint density at radius 1 is 1.33 bits per heavy atom. The van der Waals surface area contributed by atoms with Crippen LogP contribution in [0.4, 0.5) is 4.39 Å². The maximum atomic E-state index is 13.5. The van der Waals surface area contributed by atoms with E-state index in [9.17, 15) is 12.8 Å². The third kappa shape index (κ3) is 4.23. The van der Waals surface area contributed by atoms with Crippen molar-refractivity contribution >= 4 is 10.0 Å². The Balaban J connectivity index is 3.27. The van der Waals surface area contributed by atoms with Crippen LogP contribution in [0.1, 0.15) is 19.4 Å². The van der Waals surface area contributed by atoms with Crippen molar-refractivity contribution in [1.29, 1.82) is 0 Å². The Hall–Kier alpha value is -1.02. The zero-order valence-electron chi connectivity index (χ0n) is 13.0. The molecule has 5 nitrogen and oxygen atoms in total. The van der Waals surface area contributed by atoms with Crippen molar-refractivity contribution < 1.29 is 12.8 Å². The molecule has 0 bridgehead atoms. The average molecular weight is 317 g/mol. The van der Waals surface area contributed by atoms with Crippen LogP contribution in [-0.2, 0) is 16.6 Å². The highest BCUT2D eigenvalue weighted by molar-refractivity contribution is 7.89. The number of hydrogen-bond donors (Lipinski definition) is 1. The molecular formula is C14H24FN3O2S. The summed E-state index contributed by atoms with van der Waals surface area (Å²) < 4.78 is 40.4. The molecule has 1 aromatic rings.